The Labute approximate surface area is 258 Å². The number of phenolic OH excluding ortho intramolecular Hbond substituents is 1. The van der Waals surface area contributed by atoms with E-state index in [1.807, 2.05) is 48.5 Å². The second kappa shape index (κ2) is 12.7. The molecule has 3 aromatic carbocycles. The molecule has 0 fully saturated rings. The largest absolute Gasteiger partial charge is 0.508 e. The SMILES string of the molecule is CC(C)(C)c1cc(C(C)(C)C)c2oc(=O)c(COCc3ccccc3)nc2c1.CC(C)(C)c1cc(O)cc(C(C)(C)C)c1. The van der Waals surface area contributed by atoms with E-state index in [4.69, 9.17) is 9.15 Å². The number of nitrogens with zero attached hydrogens (tertiary/aromatic N) is 1. The molecule has 4 rings (SSSR count). The topological polar surface area (TPSA) is 72.6 Å². The number of hydrogen-bond acceptors (Lipinski definition) is 5. The standard InChI is InChI=1S/C24H29NO3.C14H22O/c1-23(2,3)17-12-18(24(4,5)6)21-19(13-17)25-20(22(26)28-21)15-27-14-16-10-8-7-9-11-16;1-13(2,3)10-7-11(14(4,5)6)9-12(15)8-10/h7-13H,14-15H2,1-6H3;7-9,15H,1-6H3. The van der Waals surface area contributed by atoms with E-state index < -0.39 is 5.63 Å². The highest BCUT2D eigenvalue weighted by molar-refractivity contribution is 5.78. The van der Waals surface area contributed by atoms with Gasteiger partial charge >= 0.3 is 5.63 Å². The maximum atomic E-state index is 12.5. The summed E-state index contributed by atoms with van der Waals surface area (Å²) in [6, 6.07) is 19.9. The molecule has 1 aromatic heterocycles. The summed E-state index contributed by atoms with van der Waals surface area (Å²) >= 11 is 0. The van der Waals surface area contributed by atoms with Crippen molar-refractivity contribution in [3.8, 4) is 5.75 Å². The van der Waals surface area contributed by atoms with Gasteiger partial charge in [-0.2, -0.15) is 0 Å². The van der Waals surface area contributed by atoms with E-state index in [2.05, 4.69) is 100 Å². The van der Waals surface area contributed by atoms with Crippen molar-refractivity contribution in [2.75, 3.05) is 0 Å². The van der Waals surface area contributed by atoms with E-state index in [-0.39, 0.29) is 28.3 Å². The third-order valence-electron chi connectivity index (χ3n) is 7.43. The van der Waals surface area contributed by atoms with Gasteiger partial charge in [-0.15, -0.1) is 0 Å². The molecule has 43 heavy (non-hydrogen) atoms. The Bertz CT molecular complexity index is 1560. The number of benzene rings is 3. The summed E-state index contributed by atoms with van der Waals surface area (Å²) in [5.74, 6) is 0.368. The number of rotatable bonds is 4. The molecule has 232 valence electrons. The molecule has 5 nitrogen and oxygen atoms in total. The Morgan fingerprint density at radius 3 is 1.67 bits per heavy atom. The maximum Gasteiger partial charge on any atom is 0.360 e. The second-order valence-corrected chi connectivity index (χ2v) is 15.6. The molecule has 1 heterocycles. The lowest BCUT2D eigenvalue weighted by atomic mass is 9.80. The van der Waals surface area contributed by atoms with Crippen molar-refractivity contribution >= 4 is 11.1 Å². The maximum absolute atomic E-state index is 12.5. The van der Waals surface area contributed by atoms with Crippen molar-refractivity contribution in [1.82, 2.24) is 4.98 Å². The smallest absolute Gasteiger partial charge is 0.360 e. The zero-order chi connectivity index (χ0) is 32.4. The first kappa shape index (κ1) is 34.1. The van der Waals surface area contributed by atoms with Crippen molar-refractivity contribution in [3.63, 3.8) is 0 Å². The van der Waals surface area contributed by atoms with Gasteiger partial charge in [0, 0.05) is 5.56 Å². The van der Waals surface area contributed by atoms with E-state index in [1.165, 1.54) is 16.7 Å². The molecule has 4 aromatic rings. The van der Waals surface area contributed by atoms with Crippen LogP contribution in [0.3, 0.4) is 0 Å². The first-order chi connectivity index (χ1) is 19.7. The van der Waals surface area contributed by atoms with Gasteiger partial charge in [-0.1, -0.05) is 126 Å². The Kier molecular flexibility index (Phi) is 10.0. The Morgan fingerprint density at radius 2 is 1.19 bits per heavy atom. The third-order valence-corrected chi connectivity index (χ3v) is 7.43. The zero-order valence-electron chi connectivity index (χ0n) is 28.3. The number of phenols is 1. The van der Waals surface area contributed by atoms with Gasteiger partial charge < -0.3 is 14.3 Å². The minimum absolute atomic E-state index is 0.0318. The molecule has 0 unspecified atom stereocenters. The van der Waals surface area contributed by atoms with Crippen LogP contribution in [0.4, 0.5) is 0 Å². The average Bonchev–Trinajstić information content (AvgIpc) is 2.87. The first-order valence-electron chi connectivity index (χ1n) is 15.1. The lowest BCUT2D eigenvalue weighted by Crippen LogP contribution is -2.19. The monoisotopic (exact) mass is 585 g/mol. The highest BCUT2D eigenvalue weighted by Gasteiger charge is 2.25. The normalized spacial score (nSPS) is 12.7. The average molecular weight is 586 g/mol. The van der Waals surface area contributed by atoms with Crippen LogP contribution in [0.2, 0.25) is 0 Å². The molecule has 0 saturated carbocycles. The summed E-state index contributed by atoms with van der Waals surface area (Å²) in [6.07, 6.45) is 0. The van der Waals surface area contributed by atoms with Gasteiger partial charge in [0.1, 0.15) is 11.3 Å². The Morgan fingerprint density at radius 1 is 0.674 bits per heavy atom. The fourth-order valence-electron chi connectivity index (χ4n) is 4.54. The first-order valence-corrected chi connectivity index (χ1v) is 15.1. The predicted molar refractivity (Wildman–Crippen MR) is 178 cm³/mol. The van der Waals surface area contributed by atoms with Gasteiger partial charge in [0.2, 0.25) is 0 Å². The third kappa shape index (κ3) is 9.27. The van der Waals surface area contributed by atoms with Crippen molar-refractivity contribution in [2.24, 2.45) is 0 Å². The van der Waals surface area contributed by atoms with E-state index in [1.54, 1.807) is 0 Å². The van der Waals surface area contributed by atoms with Crippen molar-refractivity contribution in [1.29, 1.82) is 0 Å². The number of ether oxygens (including phenoxy) is 1. The molecule has 0 bridgehead atoms. The molecular formula is C38H51NO4. The lowest BCUT2D eigenvalue weighted by Gasteiger charge is -2.25. The summed E-state index contributed by atoms with van der Waals surface area (Å²) in [4.78, 5) is 17.2. The van der Waals surface area contributed by atoms with Gasteiger partial charge in [0.25, 0.3) is 0 Å². The molecule has 0 aliphatic rings. The number of hydrogen-bond donors (Lipinski definition) is 1. The number of aromatic nitrogens is 1. The fourth-order valence-corrected chi connectivity index (χ4v) is 4.54. The van der Waals surface area contributed by atoms with Crippen LogP contribution in [-0.2, 0) is 39.6 Å². The highest BCUT2D eigenvalue weighted by Crippen LogP contribution is 2.35. The van der Waals surface area contributed by atoms with Crippen molar-refractivity contribution in [2.45, 2.75) is 118 Å². The zero-order valence-corrected chi connectivity index (χ0v) is 28.3. The van der Waals surface area contributed by atoms with E-state index in [9.17, 15) is 9.90 Å². The highest BCUT2D eigenvalue weighted by atomic mass is 16.5. The molecule has 0 radical (unpaired) electrons. The van der Waals surface area contributed by atoms with Crippen LogP contribution in [-0.4, -0.2) is 10.1 Å². The fraction of sp³-hybridized carbons (Fsp3) is 0.474. The molecule has 5 heteroatoms. The molecule has 1 N–H and O–H groups in total. The van der Waals surface area contributed by atoms with Crippen LogP contribution in [0.25, 0.3) is 11.1 Å². The van der Waals surface area contributed by atoms with Crippen LogP contribution < -0.4 is 5.63 Å². The summed E-state index contributed by atoms with van der Waals surface area (Å²) in [5, 5.41) is 9.72. The molecule has 0 saturated heterocycles. The minimum atomic E-state index is -0.436. The molecule has 0 aliphatic heterocycles. The molecule has 0 aliphatic carbocycles. The Hall–Kier alpha value is -3.44. The quantitative estimate of drug-likeness (QED) is 0.258. The van der Waals surface area contributed by atoms with Crippen LogP contribution >= 0.6 is 0 Å². The van der Waals surface area contributed by atoms with Crippen LogP contribution in [0.15, 0.2) is 69.9 Å². The molecule has 0 atom stereocenters. The van der Waals surface area contributed by atoms with Crippen molar-refractivity contribution in [3.05, 3.63) is 105 Å². The van der Waals surface area contributed by atoms with E-state index in [0.717, 1.165) is 11.1 Å². The van der Waals surface area contributed by atoms with E-state index in [0.29, 0.717) is 29.2 Å². The minimum Gasteiger partial charge on any atom is -0.508 e. The van der Waals surface area contributed by atoms with Gasteiger partial charge in [0.15, 0.2) is 11.3 Å². The van der Waals surface area contributed by atoms with Gasteiger partial charge in [-0.3, -0.25) is 0 Å². The van der Waals surface area contributed by atoms with Crippen LogP contribution in [0.5, 0.6) is 5.75 Å². The summed E-state index contributed by atoms with van der Waals surface area (Å²) in [5.41, 5.74) is 6.70. The van der Waals surface area contributed by atoms with Gasteiger partial charge in [-0.25, -0.2) is 9.78 Å². The molecule has 0 amide bonds. The van der Waals surface area contributed by atoms with Crippen LogP contribution in [0, 0.1) is 0 Å². The Balaban J connectivity index is 0.000000285. The summed E-state index contributed by atoms with van der Waals surface area (Å²) < 4.78 is 11.4. The van der Waals surface area contributed by atoms with Gasteiger partial charge in [-0.05, 0) is 62.1 Å². The number of aromatic hydroxyl groups is 1. The summed E-state index contributed by atoms with van der Waals surface area (Å²) in [7, 11) is 0. The number of fused-ring (bicyclic) bond motifs is 1. The lowest BCUT2D eigenvalue weighted by molar-refractivity contribution is 0.102. The predicted octanol–water partition coefficient (Wildman–Crippen LogP) is 9.49. The molecular weight excluding hydrogens is 534 g/mol. The van der Waals surface area contributed by atoms with Gasteiger partial charge in [0.05, 0.1) is 13.2 Å². The van der Waals surface area contributed by atoms with Crippen molar-refractivity contribution < 1.29 is 14.3 Å². The second-order valence-electron chi connectivity index (χ2n) is 15.6. The van der Waals surface area contributed by atoms with E-state index >= 15 is 0 Å². The van der Waals surface area contributed by atoms with Crippen LogP contribution in [0.1, 0.15) is 117 Å². The molecule has 0 spiro atoms. The summed E-state index contributed by atoms with van der Waals surface area (Å²) in [6.45, 7) is 26.4.